The zero-order valence-corrected chi connectivity index (χ0v) is 11.7. The minimum Gasteiger partial charge on any atom is -0.300 e. The van der Waals surface area contributed by atoms with Gasteiger partial charge in [-0.3, -0.25) is 4.79 Å². The van der Waals surface area contributed by atoms with Gasteiger partial charge in [-0.2, -0.15) is 0 Å². The largest absolute Gasteiger partial charge is 0.300 e. The van der Waals surface area contributed by atoms with Crippen LogP contribution in [0.2, 0.25) is 0 Å². The fourth-order valence-corrected chi connectivity index (χ4v) is 1.94. The van der Waals surface area contributed by atoms with Crippen molar-refractivity contribution in [2.75, 3.05) is 19.6 Å². The SMILES string of the molecule is CCN(CC)CC(C)(F)C(=O)c1ccc(C)cc1. The van der Waals surface area contributed by atoms with E-state index in [0.717, 1.165) is 18.7 Å². The second-order valence-electron chi connectivity index (χ2n) is 4.85. The molecule has 0 saturated heterocycles. The van der Waals surface area contributed by atoms with Gasteiger partial charge in [0.05, 0.1) is 0 Å². The van der Waals surface area contributed by atoms with E-state index in [1.807, 2.05) is 37.8 Å². The van der Waals surface area contributed by atoms with Crippen LogP contribution in [-0.2, 0) is 0 Å². The van der Waals surface area contributed by atoms with Crippen LogP contribution >= 0.6 is 0 Å². The second kappa shape index (κ2) is 6.10. The molecule has 0 N–H and O–H groups in total. The van der Waals surface area contributed by atoms with Crippen molar-refractivity contribution in [1.29, 1.82) is 0 Å². The van der Waals surface area contributed by atoms with Crippen LogP contribution in [0, 0.1) is 6.92 Å². The van der Waals surface area contributed by atoms with Crippen LogP contribution in [0.15, 0.2) is 24.3 Å². The number of ketones is 1. The Bertz CT molecular complexity index is 393. The Balaban J connectivity index is 2.84. The smallest absolute Gasteiger partial charge is 0.201 e. The van der Waals surface area contributed by atoms with Crippen molar-refractivity contribution in [3.05, 3.63) is 35.4 Å². The summed E-state index contributed by atoms with van der Waals surface area (Å²) in [5, 5.41) is 0. The first kappa shape index (κ1) is 14.8. The number of carbonyl (C=O) groups excluding carboxylic acids is 1. The highest BCUT2D eigenvalue weighted by Gasteiger charge is 2.35. The third kappa shape index (κ3) is 3.64. The van der Waals surface area contributed by atoms with Crippen molar-refractivity contribution in [3.8, 4) is 0 Å². The van der Waals surface area contributed by atoms with Gasteiger partial charge in [0.2, 0.25) is 5.78 Å². The molecule has 1 aromatic carbocycles. The van der Waals surface area contributed by atoms with E-state index in [9.17, 15) is 9.18 Å². The van der Waals surface area contributed by atoms with Crippen molar-refractivity contribution in [1.82, 2.24) is 4.90 Å². The lowest BCUT2D eigenvalue weighted by atomic mass is 9.95. The van der Waals surface area contributed by atoms with Crippen LogP contribution in [0.1, 0.15) is 36.7 Å². The van der Waals surface area contributed by atoms with Gasteiger partial charge in [0.25, 0.3) is 0 Å². The normalized spacial score (nSPS) is 14.6. The Labute approximate surface area is 109 Å². The van der Waals surface area contributed by atoms with Crippen molar-refractivity contribution in [2.24, 2.45) is 0 Å². The number of halogens is 1. The van der Waals surface area contributed by atoms with E-state index >= 15 is 0 Å². The highest BCUT2D eigenvalue weighted by Crippen LogP contribution is 2.19. The van der Waals surface area contributed by atoms with Crippen LogP contribution in [0.5, 0.6) is 0 Å². The molecule has 18 heavy (non-hydrogen) atoms. The second-order valence-corrected chi connectivity index (χ2v) is 4.85. The zero-order chi connectivity index (χ0) is 13.8. The molecule has 100 valence electrons. The molecule has 1 atom stereocenters. The maximum absolute atomic E-state index is 14.5. The lowest BCUT2D eigenvalue weighted by molar-refractivity contribution is 0.0617. The molecular weight excluding hydrogens is 229 g/mol. The molecule has 0 fully saturated rings. The van der Waals surface area contributed by atoms with Crippen LogP contribution in [-0.4, -0.2) is 36.0 Å². The van der Waals surface area contributed by atoms with Gasteiger partial charge in [-0.15, -0.1) is 0 Å². The van der Waals surface area contributed by atoms with Gasteiger partial charge in [0.1, 0.15) is 0 Å². The van der Waals surface area contributed by atoms with Crippen LogP contribution in [0.3, 0.4) is 0 Å². The van der Waals surface area contributed by atoms with Crippen molar-refractivity contribution in [2.45, 2.75) is 33.4 Å². The summed E-state index contributed by atoms with van der Waals surface area (Å²) in [4.78, 5) is 14.1. The number of hydrogen-bond acceptors (Lipinski definition) is 2. The Morgan fingerprint density at radius 1 is 1.22 bits per heavy atom. The number of carbonyl (C=O) groups is 1. The van der Waals surface area contributed by atoms with Crippen molar-refractivity contribution >= 4 is 5.78 Å². The number of Topliss-reactive ketones (excluding diaryl/α,β-unsaturated/α-hetero) is 1. The van der Waals surface area contributed by atoms with E-state index in [2.05, 4.69) is 0 Å². The van der Waals surface area contributed by atoms with Gasteiger partial charge in [-0.05, 0) is 26.9 Å². The van der Waals surface area contributed by atoms with E-state index in [1.54, 1.807) is 12.1 Å². The fraction of sp³-hybridized carbons (Fsp3) is 0.533. The van der Waals surface area contributed by atoms with E-state index in [0.29, 0.717) is 5.56 Å². The first-order valence-electron chi connectivity index (χ1n) is 6.43. The summed E-state index contributed by atoms with van der Waals surface area (Å²) in [6, 6.07) is 7.05. The molecule has 0 heterocycles. The van der Waals surface area contributed by atoms with Gasteiger partial charge < -0.3 is 4.90 Å². The molecule has 1 aromatic rings. The number of nitrogens with zero attached hydrogens (tertiary/aromatic N) is 1. The van der Waals surface area contributed by atoms with Crippen molar-refractivity contribution in [3.63, 3.8) is 0 Å². The highest BCUT2D eigenvalue weighted by atomic mass is 19.1. The topological polar surface area (TPSA) is 20.3 Å². The van der Waals surface area contributed by atoms with Gasteiger partial charge in [0.15, 0.2) is 5.67 Å². The molecule has 2 nitrogen and oxygen atoms in total. The van der Waals surface area contributed by atoms with E-state index < -0.39 is 11.5 Å². The molecule has 0 bridgehead atoms. The minimum absolute atomic E-state index is 0.146. The standard InChI is InChI=1S/C15H22FNO/c1-5-17(6-2)11-15(4,16)14(18)13-9-7-12(3)8-10-13/h7-10H,5-6,11H2,1-4H3. The van der Waals surface area contributed by atoms with Crippen LogP contribution < -0.4 is 0 Å². The van der Waals surface area contributed by atoms with Gasteiger partial charge in [-0.1, -0.05) is 43.7 Å². The predicted molar refractivity (Wildman–Crippen MR) is 72.8 cm³/mol. The average molecular weight is 251 g/mol. The molecule has 0 aliphatic carbocycles. The summed E-state index contributed by atoms with van der Waals surface area (Å²) >= 11 is 0. The third-order valence-electron chi connectivity index (χ3n) is 3.20. The maximum Gasteiger partial charge on any atom is 0.201 e. The number of hydrogen-bond donors (Lipinski definition) is 0. The van der Waals surface area contributed by atoms with E-state index in [-0.39, 0.29) is 6.54 Å². The molecule has 0 radical (unpaired) electrons. The molecule has 0 saturated carbocycles. The Morgan fingerprint density at radius 3 is 2.17 bits per heavy atom. The lowest BCUT2D eigenvalue weighted by Gasteiger charge is -2.27. The third-order valence-corrected chi connectivity index (χ3v) is 3.20. The van der Waals surface area contributed by atoms with Gasteiger partial charge in [0, 0.05) is 12.1 Å². The Kier molecular flexibility index (Phi) is 5.03. The minimum atomic E-state index is -1.83. The van der Waals surface area contributed by atoms with E-state index in [1.165, 1.54) is 6.92 Å². The average Bonchev–Trinajstić information content (AvgIpc) is 2.36. The highest BCUT2D eigenvalue weighted by molar-refractivity contribution is 6.02. The van der Waals surface area contributed by atoms with Crippen molar-refractivity contribution < 1.29 is 9.18 Å². The number of rotatable bonds is 6. The number of benzene rings is 1. The monoisotopic (exact) mass is 251 g/mol. The molecule has 0 aliphatic heterocycles. The lowest BCUT2D eigenvalue weighted by Crippen LogP contribution is -2.43. The maximum atomic E-state index is 14.5. The van der Waals surface area contributed by atoms with Gasteiger partial charge >= 0.3 is 0 Å². The Morgan fingerprint density at radius 2 is 1.72 bits per heavy atom. The summed E-state index contributed by atoms with van der Waals surface area (Å²) in [5.41, 5.74) is -0.324. The molecule has 0 amide bonds. The molecular formula is C15H22FNO. The number of alkyl halides is 1. The summed E-state index contributed by atoms with van der Waals surface area (Å²) in [7, 11) is 0. The van der Waals surface area contributed by atoms with E-state index in [4.69, 9.17) is 0 Å². The fourth-order valence-electron chi connectivity index (χ4n) is 1.94. The predicted octanol–water partition coefficient (Wildman–Crippen LogP) is 3.25. The molecule has 0 aliphatic rings. The summed E-state index contributed by atoms with van der Waals surface area (Å²) in [6.07, 6.45) is 0. The van der Waals surface area contributed by atoms with Gasteiger partial charge in [-0.25, -0.2) is 4.39 Å². The zero-order valence-electron chi connectivity index (χ0n) is 11.7. The Hall–Kier alpha value is -1.22. The summed E-state index contributed by atoms with van der Waals surface area (Å²) in [6.45, 7) is 8.89. The summed E-state index contributed by atoms with van der Waals surface area (Å²) < 4.78 is 14.5. The molecule has 0 spiro atoms. The molecule has 1 rings (SSSR count). The first-order valence-corrected chi connectivity index (χ1v) is 6.43. The summed E-state index contributed by atoms with van der Waals surface area (Å²) in [5.74, 6) is -0.436. The van der Waals surface area contributed by atoms with Crippen LogP contribution in [0.4, 0.5) is 4.39 Å². The molecule has 3 heteroatoms. The molecule has 1 unspecified atom stereocenters. The van der Waals surface area contributed by atoms with Crippen LogP contribution in [0.25, 0.3) is 0 Å². The first-order chi connectivity index (χ1) is 8.40. The number of aryl methyl sites for hydroxylation is 1. The quantitative estimate of drug-likeness (QED) is 0.723. The molecule has 0 aromatic heterocycles.